The van der Waals surface area contributed by atoms with Gasteiger partial charge in [0.25, 0.3) is 0 Å². The summed E-state index contributed by atoms with van der Waals surface area (Å²) in [6, 6.07) is 4.95. The lowest BCUT2D eigenvalue weighted by Crippen LogP contribution is -2.54. The Morgan fingerprint density at radius 3 is 2.40 bits per heavy atom. The number of rotatable bonds is 7. The third-order valence-corrected chi connectivity index (χ3v) is 6.91. The number of ether oxygens (including phenoxy) is 1. The summed E-state index contributed by atoms with van der Waals surface area (Å²) in [6.45, 7) is 7.32. The van der Waals surface area contributed by atoms with Crippen molar-refractivity contribution >= 4 is 27.5 Å². The molecule has 166 valence electrons. The Hall–Kier alpha value is -2.01. The van der Waals surface area contributed by atoms with E-state index in [0.29, 0.717) is 18.8 Å². The Morgan fingerprint density at radius 1 is 1.17 bits per heavy atom. The molecule has 2 aliphatic rings. The summed E-state index contributed by atoms with van der Waals surface area (Å²) in [5.41, 5.74) is 0.506. The van der Waals surface area contributed by atoms with Gasteiger partial charge in [0, 0.05) is 51.9 Å². The van der Waals surface area contributed by atoms with Gasteiger partial charge in [-0.15, -0.1) is 0 Å². The first-order valence-corrected chi connectivity index (χ1v) is 11.8. The topological polar surface area (TPSA) is 108 Å². The second-order valence-corrected chi connectivity index (χ2v) is 9.52. The summed E-state index contributed by atoms with van der Waals surface area (Å²) in [5.74, 6) is -0.468. The highest BCUT2D eigenvalue weighted by atomic mass is 32.2. The van der Waals surface area contributed by atoms with Crippen molar-refractivity contribution in [3.8, 4) is 0 Å². The normalized spacial score (nSPS) is 21.4. The molecule has 10 heteroatoms. The molecular formula is C20H30N4O5S. The Balaban J connectivity index is 1.51. The zero-order valence-corrected chi connectivity index (χ0v) is 18.3. The maximum absolute atomic E-state index is 12.7. The maximum atomic E-state index is 12.7. The predicted molar refractivity (Wildman–Crippen MR) is 113 cm³/mol. The van der Waals surface area contributed by atoms with Crippen molar-refractivity contribution in [3.63, 3.8) is 0 Å². The number of piperazine rings is 1. The monoisotopic (exact) mass is 438 g/mol. The highest BCUT2D eigenvalue weighted by Crippen LogP contribution is 2.16. The zero-order chi connectivity index (χ0) is 21.7. The number of carbonyl (C=O) groups excluding carboxylic acids is 2. The molecule has 2 fully saturated rings. The van der Waals surface area contributed by atoms with Crippen molar-refractivity contribution in [2.24, 2.45) is 0 Å². The Labute approximate surface area is 177 Å². The Bertz CT molecular complexity index is 844. The summed E-state index contributed by atoms with van der Waals surface area (Å²) < 4.78 is 33.4. The van der Waals surface area contributed by atoms with Crippen LogP contribution in [0.3, 0.4) is 0 Å². The molecule has 0 aliphatic carbocycles. The summed E-state index contributed by atoms with van der Waals surface area (Å²) in [4.78, 5) is 27.9. The van der Waals surface area contributed by atoms with E-state index in [9.17, 15) is 18.0 Å². The van der Waals surface area contributed by atoms with Gasteiger partial charge in [0.1, 0.15) is 0 Å². The minimum atomic E-state index is -3.85. The molecule has 0 aromatic heterocycles. The lowest BCUT2D eigenvalue weighted by molar-refractivity contribution is -0.134. The number of nitrogens with zero attached hydrogens (tertiary/aromatic N) is 2. The Kier molecular flexibility index (Phi) is 7.45. The second-order valence-electron chi connectivity index (χ2n) is 7.81. The first-order valence-electron chi connectivity index (χ1n) is 10.3. The molecule has 0 unspecified atom stereocenters. The number of amides is 2. The third kappa shape index (κ3) is 6.00. The minimum Gasteiger partial charge on any atom is -0.377 e. The van der Waals surface area contributed by atoms with Gasteiger partial charge in [0.15, 0.2) is 0 Å². The number of carbonyl (C=O) groups is 2. The largest absolute Gasteiger partial charge is 0.377 e. The van der Waals surface area contributed by atoms with Crippen molar-refractivity contribution in [2.75, 3.05) is 44.6 Å². The van der Waals surface area contributed by atoms with Crippen LogP contribution in [0.2, 0.25) is 0 Å². The molecule has 0 saturated carbocycles. The number of hydrogen-bond donors (Lipinski definition) is 2. The SMILES string of the molecule is CC(=O)Nc1ccc(S(=O)(=O)N[C@@H](C)C(=O)N2CCN(C[C@H]3CCCO3)CC2)cc1. The van der Waals surface area contributed by atoms with E-state index in [1.54, 1.807) is 11.8 Å². The maximum Gasteiger partial charge on any atom is 0.241 e. The molecule has 2 amide bonds. The highest BCUT2D eigenvalue weighted by molar-refractivity contribution is 7.89. The predicted octanol–water partition coefficient (Wildman–Crippen LogP) is 0.635. The molecule has 1 aromatic rings. The molecule has 0 radical (unpaired) electrons. The van der Waals surface area contributed by atoms with Crippen LogP contribution < -0.4 is 10.0 Å². The highest BCUT2D eigenvalue weighted by Gasteiger charge is 2.29. The van der Waals surface area contributed by atoms with Gasteiger partial charge in [-0.1, -0.05) is 0 Å². The van der Waals surface area contributed by atoms with Crippen molar-refractivity contribution in [1.29, 1.82) is 0 Å². The van der Waals surface area contributed by atoms with Gasteiger partial charge in [-0.05, 0) is 44.0 Å². The average molecular weight is 439 g/mol. The van der Waals surface area contributed by atoms with Crippen molar-refractivity contribution < 1.29 is 22.7 Å². The lowest BCUT2D eigenvalue weighted by Gasteiger charge is -2.36. The molecule has 0 bridgehead atoms. The van der Waals surface area contributed by atoms with E-state index in [0.717, 1.165) is 39.1 Å². The van der Waals surface area contributed by atoms with Crippen LogP contribution in [0.1, 0.15) is 26.7 Å². The van der Waals surface area contributed by atoms with Gasteiger partial charge in [-0.2, -0.15) is 4.72 Å². The second kappa shape index (κ2) is 9.86. The molecule has 3 rings (SSSR count). The smallest absolute Gasteiger partial charge is 0.241 e. The van der Waals surface area contributed by atoms with Crippen molar-refractivity contribution in [1.82, 2.24) is 14.5 Å². The summed E-state index contributed by atoms with van der Waals surface area (Å²) >= 11 is 0. The molecular weight excluding hydrogens is 408 g/mol. The van der Waals surface area contributed by atoms with Gasteiger partial charge < -0.3 is 15.0 Å². The van der Waals surface area contributed by atoms with E-state index in [4.69, 9.17) is 4.74 Å². The fourth-order valence-electron chi connectivity index (χ4n) is 3.77. The molecule has 0 spiro atoms. The number of benzene rings is 1. The molecule has 1 aromatic carbocycles. The standard InChI is InChI=1S/C20H30N4O5S/c1-15(22-30(27,28)19-7-5-17(6-8-19)21-16(2)25)20(26)24-11-9-23(10-12-24)14-18-4-3-13-29-18/h5-8,15,18,22H,3-4,9-14H2,1-2H3,(H,21,25)/t15-,18+/m0/s1. The van der Waals surface area contributed by atoms with Crippen LogP contribution in [0.5, 0.6) is 0 Å². The van der Waals surface area contributed by atoms with Gasteiger partial charge in [0.2, 0.25) is 21.8 Å². The van der Waals surface area contributed by atoms with Gasteiger partial charge >= 0.3 is 0 Å². The van der Waals surface area contributed by atoms with E-state index < -0.39 is 16.1 Å². The van der Waals surface area contributed by atoms with E-state index >= 15 is 0 Å². The van der Waals surface area contributed by atoms with Crippen LogP contribution in [-0.2, 0) is 24.3 Å². The summed E-state index contributed by atoms with van der Waals surface area (Å²) in [6.07, 6.45) is 2.48. The molecule has 2 saturated heterocycles. The van der Waals surface area contributed by atoms with Crippen LogP contribution in [0.4, 0.5) is 5.69 Å². The van der Waals surface area contributed by atoms with Gasteiger partial charge in [-0.25, -0.2) is 8.42 Å². The molecule has 2 atom stereocenters. The summed E-state index contributed by atoms with van der Waals surface area (Å²) in [5, 5.41) is 2.58. The van der Waals surface area contributed by atoms with E-state index in [-0.39, 0.29) is 22.8 Å². The first kappa shape index (κ1) is 22.7. The van der Waals surface area contributed by atoms with E-state index in [1.807, 2.05) is 0 Å². The molecule has 2 aliphatic heterocycles. The summed E-state index contributed by atoms with van der Waals surface area (Å²) in [7, 11) is -3.85. The van der Waals surface area contributed by atoms with Crippen LogP contribution in [-0.4, -0.2) is 81.5 Å². The number of sulfonamides is 1. The van der Waals surface area contributed by atoms with Crippen molar-refractivity contribution in [3.05, 3.63) is 24.3 Å². The third-order valence-electron chi connectivity index (χ3n) is 5.36. The molecule has 2 N–H and O–H groups in total. The minimum absolute atomic E-state index is 0.0395. The number of anilines is 1. The van der Waals surface area contributed by atoms with Crippen molar-refractivity contribution in [2.45, 2.75) is 43.7 Å². The van der Waals surface area contributed by atoms with Gasteiger partial charge in [0.05, 0.1) is 17.0 Å². The Morgan fingerprint density at radius 2 is 1.83 bits per heavy atom. The average Bonchev–Trinajstić information content (AvgIpc) is 3.20. The lowest BCUT2D eigenvalue weighted by atomic mass is 10.2. The van der Waals surface area contributed by atoms with Crippen LogP contribution in [0.25, 0.3) is 0 Å². The molecule has 30 heavy (non-hydrogen) atoms. The van der Waals surface area contributed by atoms with E-state index in [2.05, 4.69) is 14.9 Å². The first-order chi connectivity index (χ1) is 14.2. The number of hydrogen-bond acceptors (Lipinski definition) is 6. The van der Waals surface area contributed by atoms with Crippen LogP contribution in [0.15, 0.2) is 29.2 Å². The van der Waals surface area contributed by atoms with Crippen LogP contribution in [0, 0.1) is 0 Å². The zero-order valence-electron chi connectivity index (χ0n) is 17.5. The molecule has 9 nitrogen and oxygen atoms in total. The fraction of sp³-hybridized carbons (Fsp3) is 0.600. The van der Waals surface area contributed by atoms with Gasteiger partial charge in [-0.3, -0.25) is 14.5 Å². The van der Waals surface area contributed by atoms with E-state index in [1.165, 1.54) is 31.2 Å². The van der Waals surface area contributed by atoms with Crippen LogP contribution >= 0.6 is 0 Å². The quantitative estimate of drug-likeness (QED) is 0.647. The fourth-order valence-corrected chi connectivity index (χ4v) is 4.97. The molecule has 2 heterocycles. The number of nitrogens with one attached hydrogen (secondary N) is 2.